The zero-order chi connectivity index (χ0) is 19.6. The van der Waals surface area contributed by atoms with Crippen molar-refractivity contribution in [3.63, 3.8) is 0 Å². The third-order valence-corrected chi connectivity index (χ3v) is 5.28. The second kappa shape index (κ2) is 11.1. The molecule has 1 fully saturated rings. The van der Waals surface area contributed by atoms with Crippen molar-refractivity contribution in [3.05, 3.63) is 34.7 Å². The first-order chi connectivity index (χ1) is 13.1. The van der Waals surface area contributed by atoms with E-state index in [0.717, 1.165) is 24.2 Å². The topological polar surface area (TPSA) is 55.8 Å². The number of amides is 1. The Morgan fingerprint density at radius 3 is 2.78 bits per heavy atom. The Morgan fingerprint density at radius 2 is 2.04 bits per heavy atom. The van der Waals surface area contributed by atoms with Gasteiger partial charge in [-0.3, -0.25) is 14.5 Å². The molecule has 1 saturated heterocycles. The number of carbonyl (C=O) groups is 2. The van der Waals surface area contributed by atoms with Crippen LogP contribution >= 0.6 is 24.0 Å². The Kier molecular flexibility index (Phi) is 8.81. The van der Waals surface area contributed by atoms with E-state index >= 15 is 0 Å². The summed E-state index contributed by atoms with van der Waals surface area (Å²) in [6.07, 6.45) is 4.67. The maximum Gasteiger partial charge on any atom is 0.305 e. The lowest BCUT2D eigenvalue weighted by Crippen LogP contribution is -2.29. The van der Waals surface area contributed by atoms with Crippen molar-refractivity contribution in [1.82, 2.24) is 4.90 Å². The SMILES string of the molecule is CCCCOc1ccccc1/C=C1/SC(=S)N(CCCC(=O)OCC)C1=O. The molecule has 1 amide bonds. The maximum atomic E-state index is 12.7. The van der Waals surface area contributed by atoms with Gasteiger partial charge in [0.05, 0.1) is 18.1 Å². The van der Waals surface area contributed by atoms with E-state index < -0.39 is 0 Å². The van der Waals surface area contributed by atoms with Gasteiger partial charge in [0.15, 0.2) is 0 Å². The highest BCUT2D eigenvalue weighted by molar-refractivity contribution is 8.26. The summed E-state index contributed by atoms with van der Waals surface area (Å²) in [6, 6.07) is 7.66. The zero-order valence-electron chi connectivity index (χ0n) is 15.7. The van der Waals surface area contributed by atoms with Crippen LogP contribution in [0.1, 0.15) is 45.1 Å². The minimum absolute atomic E-state index is 0.128. The molecule has 0 aromatic heterocycles. The smallest absolute Gasteiger partial charge is 0.305 e. The van der Waals surface area contributed by atoms with Crippen molar-refractivity contribution >= 4 is 46.3 Å². The van der Waals surface area contributed by atoms with Crippen LogP contribution < -0.4 is 4.74 Å². The molecule has 1 aromatic rings. The van der Waals surface area contributed by atoms with Crippen LogP contribution in [0.2, 0.25) is 0 Å². The first-order valence-corrected chi connectivity index (χ1v) is 10.4. The molecular formula is C20H25NO4S2. The lowest BCUT2D eigenvalue weighted by molar-refractivity contribution is -0.143. The molecular weight excluding hydrogens is 382 g/mol. The Labute approximate surface area is 170 Å². The minimum Gasteiger partial charge on any atom is -0.493 e. The molecule has 1 aromatic carbocycles. The van der Waals surface area contributed by atoms with Gasteiger partial charge in [-0.15, -0.1) is 0 Å². The highest BCUT2D eigenvalue weighted by atomic mass is 32.2. The molecule has 5 nitrogen and oxygen atoms in total. The molecule has 0 radical (unpaired) electrons. The third kappa shape index (κ3) is 6.36. The molecule has 1 heterocycles. The Hall–Kier alpha value is -1.86. The van der Waals surface area contributed by atoms with Crippen LogP contribution in [0.25, 0.3) is 6.08 Å². The number of ether oxygens (including phenoxy) is 2. The number of benzene rings is 1. The first-order valence-electron chi connectivity index (χ1n) is 9.19. The molecule has 1 aliphatic heterocycles. The van der Waals surface area contributed by atoms with E-state index in [-0.39, 0.29) is 18.3 Å². The Bertz CT molecular complexity index is 718. The molecule has 27 heavy (non-hydrogen) atoms. The van der Waals surface area contributed by atoms with E-state index in [2.05, 4.69) is 6.92 Å². The Morgan fingerprint density at radius 1 is 1.26 bits per heavy atom. The first kappa shape index (κ1) is 21.4. The average Bonchev–Trinajstić information content (AvgIpc) is 2.91. The van der Waals surface area contributed by atoms with Crippen LogP contribution in [0.4, 0.5) is 0 Å². The molecule has 0 aliphatic carbocycles. The number of nitrogens with zero attached hydrogens (tertiary/aromatic N) is 1. The highest BCUT2D eigenvalue weighted by Gasteiger charge is 2.31. The normalized spacial score (nSPS) is 15.5. The minimum atomic E-state index is -0.253. The monoisotopic (exact) mass is 407 g/mol. The van der Waals surface area contributed by atoms with Crippen LogP contribution in [0.15, 0.2) is 29.2 Å². The molecule has 146 valence electrons. The standard InChI is InChI=1S/C20H25NO4S2/c1-3-5-13-25-16-10-7-6-9-15(16)14-17-19(23)21(20(26)27-17)12-8-11-18(22)24-4-2/h6-7,9-10,14H,3-5,8,11-13H2,1-2H3/b17-14+. The van der Waals surface area contributed by atoms with E-state index in [0.29, 0.717) is 35.4 Å². The number of thioether (sulfide) groups is 1. The predicted octanol–water partition coefficient (Wildman–Crippen LogP) is 4.41. The number of unbranched alkanes of at least 4 members (excludes halogenated alkanes) is 1. The van der Waals surface area contributed by atoms with Gasteiger partial charge in [-0.05, 0) is 31.9 Å². The predicted molar refractivity (Wildman–Crippen MR) is 113 cm³/mol. The van der Waals surface area contributed by atoms with Crippen molar-refractivity contribution in [2.45, 2.75) is 39.5 Å². The summed E-state index contributed by atoms with van der Waals surface area (Å²) in [4.78, 5) is 26.2. The Balaban J connectivity index is 2.02. The number of para-hydroxylation sites is 1. The van der Waals surface area contributed by atoms with Gasteiger partial charge in [0.25, 0.3) is 5.91 Å². The fourth-order valence-corrected chi connectivity index (χ4v) is 3.81. The number of carbonyl (C=O) groups excluding carboxylic acids is 2. The van der Waals surface area contributed by atoms with Crippen LogP contribution in [0, 0.1) is 0 Å². The maximum absolute atomic E-state index is 12.7. The van der Waals surface area contributed by atoms with Gasteiger partial charge >= 0.3 is 5.97 Å². The fourth-order valence-electron chi connectivity index (χ4n) is 2.51. The second-order valence-corrected chi connectivity index (χ2v) is 7.66. The molecule has 0 atom stereocenters. The number of hydrogen-bond donors (Lipinski definition) is 0. The van der Waals surface area contributed by atoms with Gasteiger partial charge in [0.1, 0.15) is 10.1 Å². The quantitative estimate of drug-likeness (QED) is 0.248. The third-order valence-electron chi connectivity index (χ3n) is 3.90. The van der Waals surface area contributed by atoms with Crippen molar-refractivity contribution in [2.75, 3.05) is 19.8 Å². The number of hydrogen-bond acceptors (Lipinski definition) is 6. The van der Waals surface area contributed by atoms with E-state index in [1.807, 2.05) is 30.3 Å². The summed E-state index contributed by atoms with van der Waals surface area (Å²) in [7, 11) is 0. The summed E-state index contributed by atoms with van der Waals surface area (Å²) >= 11 is 6.62. The molecule has 0 saturated carbocycles. The molecule has 1 aliphatic rings. The van der Waals surface area contributed by atoms with Gasteiger partial charge in [0.2, 0.25) is 0 Å². The number of thiocarbonyl (C=S) groups is 1. The van der Waals surface area contributed by atoms with Gasteiger partial charge in [-0.1, -0.05) is 55.5 Å². The summed E-state index contributed by atoms with van der Waals surface area (Å²) < 4.78 is 11.2. The van der Waals surface area contributed by atoms with Crippen molar-refractivity contribution < 1.29 is 19.1 Å². The van der Waals surface area contributed by atoms with Crippen LogP contribution in [-0.2, 0) is 14.3 Å². The van der Waals surface area contributed by atoms with Gasteiger partial charge in [-0.25, -0.2) is 0 Å². The van der Waals surface area contributed by atoms with E-state index in [9.17, 15) is 9.59 Å². The summed E-state index contributed by atoms with van der Waals surface area (Å²) in [5.41, 5.74) is 0.862. The highest BCUT2D eigenvalue weighted by Crippen LogP contribution is 2.34. The van der Waals surface area contributed by atoms with Gasteiger partial charge < -0.3 is 9.47 Å². The fraction of sp³-hybridized carbons (Fsp3) is 0.450. The van der Waals surface area contributed by atoms with Crippen molar-refractivity contribution in [2.24, 2.45) is 0 Å². The largest absolute Gasteiger partial charge is 0.493 e. The van der Waals surface area contributed by atoms with Gasteiger partial charge in [0, 0.05) is 18.5 Å². The van der Waals surface area contributed by atoms with E-state index in [1.54, 1.807) is 11.8 Å². The molecule has 0 unspecified atom stereocenters. The lowest BCUT2D eigenvalue weighted by atomic mass is 10.2. The summed E-state index contributed by atoms with van der Waals surface area (Å²) in [5, 5.41) is 0. The molecule has 2 rings (SSSR count). The number of rotatable bonds is 10. The molecule has 0 bridgehead atoms. The summed E-state index contributed by atoms with van der Waals surface area (Å²) in [6.45, 7) is 5.31. The average molecular weight is 408 g/mol. The summed E-state index contributed by atoms with van der Waals surface area (Å²) in [5.74, 6) is 0.382. The second-order valence-electron chi connectivity index (χ2n) is 5.98. The zero-order valence-corrected chi connectivity index (χ0v) is 17.4. The molecule has 0 N–H and O–H groups in total. The van der Waals surface area contributed by atoms with Crippen molar-refractivity contribution in [3.8, 4) is 5.75 Å². The van der Waals surface area contributed by atoms with Crippen LogP contribution in [0.5, 0.6) is 5.75 Å². The van der Waals surface area contributed by atoms with E-state index in [4.69, 9.17) is 21.7 Å². The number of esters is 1. The van der Waals surface area contributed by atoms with Crippen molar-refractivity contribution in [1.29, 1.82) is 0 Å². The lowest BCUT2D eigenvalue weighted by Gasteiger charge is -2.13. The molecule has 0 spiro atoms. The molecule has 7 heteroatoms. The van der Waals surface area contributed by atoms with Gasteiger partial charge in [-0.2, -0.15) is 0 Å². The van der Waals surface area contributed by atoms with E-state index in [1.165, 1.54) is 11.8 Å². The van der Waals surface area contributed by atoms with Crippen LogP contribution in [0.3, 0.4) is 0 Å². The van der Waals surface area contributed by atoms with Crippen LogP contribution in [-0.4, -0.2) is 40.9 Å².